The van der Waals surface area contributed by atoms with Crippen LogP contribution in [0.2, 0.25) is 0 Å². The van der Waals surface area contributed by atoms with Crippen molar-refractivity contribution in [1.29, 1.82) is 0 Å². The molecule has 0 saturated heterocycles. The SMILES string of the molecule is Cc1ccc([N+](=O)[O-])cc1NC(=O)[C@H]1CC=CCC1. The Balaban J connectivity index is 2.13. The molecule has 1 aliphatic rings. The van der Waals surface area contributed by atoms with Crippen LogP contribution in [-0.2, 0) is 4.79 Å². The number of hydrogen-bond donors (Lipinski definition) is 1. The first-order valence-electron chi connectivity index (χ1n) is 6.29. The van der Waals surface area contributed by atoms with Crippen LogP contribution in [0.4, 0.5) is 11.4 Å². The van der Waals surface area contributed by atoms with Crippen LogP contribution < -0.4 is 5.32 Å². The fourth-order valence-electron chi connectivity index (χ4n) is 2.12. The number of hydrogen-bond acceptors (Lipinski definition) is 3. The second-order valence-corrected chi connectivity index (χ2v) is 4.73. The molecule has 0 unspecified atom stereocenters. The van der Waals surface area contributed by atoms with E-state index in [1.54, 1.807) is 6.07 Å². The highest BCUT2D eigenvalue weighted by Gasteiger charge is 2.20. The van der Waals surface area contributed by atoms with Gasteiger partial charge in [0.25, 0.3) is 5.69 Å². The van der Waals surface area contributed by atoms with E-state index in [1.165, 1.54) is 12.1 Å². The molecule has 0 saturated carbocycles. The zero-order chi connectivity index (χ0) is 13.8. The van der Waals surface area contributed by atoms with Crippen LogP contribution in [0.1, 0.15) is 24.8 Å². The summed E-state index contributed by atoms with van der Waals surface area (Å²) in [5.74, 6) is -0.100. The van der Waals surface area contributed by atoms with Crippen molar-refractivity contribution in [2.45, 2.75) is 26.2 Å². The predicted molar refractivity (Wildman–Crippen MR) is 72.9 cm³/mol. The van der Waals surface area contributed by atoms with Crippen molar-refractivity contribution < 1.29 is 9.72 Å². The van der Waals surface area contributed by atoms with Crippen LogP contribution in [0.5, 0.6) is 0 Å². The van der Waals surface area contributed by atoms with Crippen LogP contribution in [0, 0.1) is 23.0 Å². The number of anilines is 1. The number of nitro groups is 1. The van der Waals surface area contributed by atoms with E-state index >= 15 is 0 Å². The maximum Gasteiger partial charge on any atom is 0.271 e. The number of non-ortho nitro benzene ring substituents is 1. The standard InChI is InChI=1S/C14H16N2O3/c1-10-7-8-12(16(18)19)9-13(10)15-14(17)11-5-3-2-4-6-11/h2-3,7-9,11H,4-6H2,1H3,(H,15,17)/t11-/m0/s1. The molecule has 1 aromatic rings. The van der Waals surface area contributed by atoms with E-state index in [-0.39, 0.29) is 17.5 Å². The number of allylic oxidation sites excluding steroid dienone is 2. The third-order valence-electron chi connectivity index (χ3n) is 3.33. The molecule has 2 rings (SSSR count). The van der Waals surface area contributed by atoms with Crippen LogP contribution in [0.25, 0.3) is 0 Å². The summed E-state index contributed by atoms with van der Waals surface area (Å²) in [6, 6.07) is 4.49. The zero-order valence-corrected chi connectivity index (χ0v) is 10.8. The predicted octanol–water partition coefficient (Wildman–Crippen LogP) is 3.20. The minimum absolute atomic E-state index is 0.00978. The van der Waals surface area contributed by atoms with E-state index in [0.717, 1.165) is 24.8 Å². The second-order valence-electron chi connectivity index (χ2n) is 4.73. The summed E-state index contributed by atoms with van der Waals surface area (Å²) < 4.78 is 0. The fraction of sp³-hybridized carbons (Fsp3) is 0.357. The Kier molecular flexibility index (Phi) is 3.94. The lowest BCUT2D eigenvalue weighted by Crippen LogP contribution is -2.23. The van der Waals surface area contributed by atoms with Crippen LogP contribution in [-0.4, -0.2) is 10.8 Å². The molecular formula is C14H16N2O3. The summed E-state index contributed by atoms with van der Waals surface area (Å²) >= 11 is 0. The molecule has 5 nitrogen and oxygen atoms in total. The molecular weight excluding hydrogens is 244 g/mol. The number of carbonyl (C=O) groups is 1. The van der Waals surface area contributed by atoms with Gasteiger partial charge in [-0.15, -0.1) is 0 Å². The van der Waals surface area contributed by atoms with Crippen molar-refractivity contribution in [2.24, 2.45) is 5.92 Å². The van der Waals surface area contributed by atoms with Crippen LogP contribution in [0.15, 0.2) is 30.4 Å². The molecule has 0 heterocycles. The van der Waals surface area contributed by atoms with Crippen LogP contribution >= 0.6 is 0 Å². The summed E-state index contributed by atoms with van der Waals surface area (Å²) in [4.78, 5) is 22.4. The average Bonchev–Trinajstić information content (AvgIpc) is 2.42. The molecule has 0 aliphatic heterocycles. The maximum absolute atomic E-state index is 12.1. The molecule has 1 N–H and O–H groups in total. The van der Waals surface area contributed by atoms with Gasteiger partial charge in [0.2, 0.25) is 5.91 Å². The first-order chi connectivity index (χ1) is 9.08. The van der Waals surface area contributed by atoms with Crippen molar-refractivity contribution in [1.82, 2.24) is 0 Å². The number of aryl methyl sites for hydroxylation is 1. The molecule has 100 valence electrons. The van der Waals surface area contributed by atoms with Crippen molar-refractivity contribution >= 4 is 17.3 Å². The van der Waals surface area contributed by atoms with E-state index in [4.69, 9.17) is 0 Å². The summed E-state index contributed by atoms with van der Waals surface area (Å²) in [6.07, 6.45) is 6.55. The van der Waals surface area contributed by atoms with E-state index in [9.17, 15) is 14.9 Å². The minimum Gasteiger partial charge on any atom is -0.325 e. The molecule has 19 heavy (non-hydrogen) atoms. The molecule has 1 aliphatic carbocycles. The van der Waals surface area contributed by atoms with E-state index in [0.29, 0.717) is 5.69 Å². The fourth-order valence-corrected chi connectivity index (χ4v) is 2.12. The first kappa shape index (κ1) is 13.3. The molecule has 1 atom stereocenters. The van der Waals surface area contributed by atoms with Crippen molar-refractivity contribution in [3.8, 4) is 0 Å². The molecule has 0 aromatic heterocycles. The van der Waals surface area contributed by atoms with Gasteiger partial charge in [-0.1, -0.05) is 18.2 Å². The molecule has 0 fully saturated rings. The molecule has 5 heteroatoms. The lowest BCUT2D eigenvalue weighted by molar-refractivity contribution is -0.384. The van der Waals surface area contributed by atoms with Gasteiger partial charge in [-0.25, -0.2) is 0 Å². The monoisotopic (exact) mass is 260 g/mol. The summed E-state index contributed by atoms with van der Waals surface area (Å²) in [7, 11) is 0. The number of benzene rings is 1. The molecule has 1 amide bonds. The first-order valence-corrected chi connectivity index (χ1v) is 6.29. The van der Waals surface area contributed by atoms with Crippen molar-refractivity contribution in [2.75, 3.05) is 5.32 Å². The largest absolute Gasteiger partial charge is 0.325 e. The van der Waals surface area contributed by atoms with Gasteiger partial charge in [0.05, 0.1) is 10.6 Å². The highest BCUT2D eigenvalue weighted by molar-refractivity contribution is 5.93. The molecule has 0 spiro atoms. The number of amides is 1. The third kappa shape index (κ3) is 3.19. The van der Waals surface area contributed by atoms with E-state index < -0.39 is 4.92 Å². The maximum atomic E-state index is 12.1. The Hall–Kier alpha value is -2.17. The number of rotatable bonds is 3. The van der Waals surface area contributed by atoms with Gasteiger partial charge < -0.3 is 5.32 Å². The summed E-state index contributed by atoms with van der Waals surface area (Å²) in [5.41, 5.74) is 1.34. The Morgan fingerprint density at radius 3 is 2.84 bits per heavy atom. The third-order valence-corrected chi connectivity index (χ3v) is 3.33. The van der Waals surface area contributed by atoms with Crippen molar-refractivity contribution in [3.05, 3.63) is 46.0 Å². The number of carbonyl (C=O) groups excluding carboxylic acids is 1. The smallest absolute Gasteiger partial charge is 0.271 e. The quantitative estimate of drug-likeness (QED) is 0.515. The van der Waals surface area contributed by atoms with Gasteiger partial charge in [-0.2, -0.15) is 0 Å². The lowest BCUT2D eigenvalue weighted by Gasteiger charge is -2.18. The van der Waals surface area contributed by atoms with Gasteiger partial charge in [-0.05, 0) is 31.7 Å². The van der Waals surface area contributed by atoms with Gasteiger partial charge in [0, 0.05) is 18.1 Å². The zero-order valence-electron chi connectivity index (χ0n) is 10.8. The Morgan fingerprint density at radius 2 is 2.21 bits per heavy atom. The van der Waals surface area contributed by atoms with Gasteiger partial charge in [0.1, 0.15) is 0 Å². The molecule has 0 bridgehead atoms. The number of nitrogens with one attached hydrogen (secondary N) is 1. The average molecular weight is 260 g/mol. The lowest BCUT2D eigenvalue weighted by atomic mass is 9.93. The number of nitro benzene ring substituents is 1. The normalized spacial score (nSPS) is 18.1. The minimum atomic E-state index is -0.460. The Labute approximate surface area is 111 Å². The Bertz CT molecular complexity index is 537. The topological polar surface area (TPSA) is 72.2 Å². The highest BCUT2D eigenvalue weighted by Crippen LogP contribution is 2.24. The summed E-state index contributed by atoms with van der Waals surface area (Å²) in [6.45, 7) is 1.82. The molecule has 1 aromatic carbocycles. The van der Waals surface area contributed by atoms with Crippen LogP contribution in [0.3, 0.4) is 0 Å². The second kappa shape index (κ2) is 5.65. The summed E-state index contributed by atoms with van der Waals surface area (Å²) in [5, 5.41) is 13.5. The molecule has 0 radical (unpaired) electrons. The van der Waals surface area contributed by atoms with Gasteiger partial charge >= 0.3 is 0 Å². The van der Waals surface area contributed by atoms with E-state index in [1.807, 2.05) is 13.0 Å². The van der Waals surface area contributed by atoms with Crippen molar-refractivity contribution in [3.63, 3.8) is 0 Å². The van der Waals surface area contributed by atoms with E-state index in [2.05, 4.69) is 11.4 Å². The van der Waals surface area contributed by atoms with Gasteiger partial charge in [0.15, 0.2) is 0 Å². The number of nitrogens with zero attached hydrogens (tertiary/aromatic N) is 1. The highest BCUT2D eigenvalue weighted by atomic mass is 16.6. The Morgan fingerprint density at radius 1 is 1.42 bits per heavy atom. The van der Waals surface area contributed by atoms with Gasteiger partial charge in [-0.3, -0.25) is 14.9 Å².